The van der Waals surface area contributed by atoms with E-state index in [9.17, 15) is 19.2 Å². The van der Waals surface area contributed by atoms with Gasteiger partial charge in [0.1, 0.15) is 0 Å². The average molecular weight is 1150 g/mol. The lowest BCUT2D eigenvalue weighted by molar-refractivity contribution is -0.130. The highest BCUT2D eigenvalue weighted by Crippen LogP contribution is 2.52. The summed E-state index contributed by atoms with van der Waals surface area (Å²) in [6.07, 6.45) is 22.2. The maximum absolute atomic E-state index is 12.7. The molecule has 3 aromatic rings. The molecule has 11 heteroatoms. The van der Waals surface area contributed by atoms with E-state index in [2.05, 4.69) is 154 Å². The molecule has 4 aliphatic heterocycles. The first-order valence-electron chi connectivity index (χ1n) is 33.6. The topological polar surface area (TPSA) is 109 Å². The van der Waals surface area contributed by atoms with Gasteiger partial charge in [-0.3, -0.25) is 19.2 Å². The molecule has 3 spiro atoms. The number of hydrogen-bond donors (Lipinski definition) is 2. The van der Waals surface area contributed by atoms with E-state index < -0.39 is 0 Å². The Morgan fingerprint density at radius 3 is 1.43 bits per heavy atom. The second kappa shape index (κ2) is 27.6. The minimum Gasteiger partial charge on any atom is -0.349 e. The van der Waals surface area contributed by atoms with Crippen molar-refractivity contribution in [1.29, 1.82) is 0 Å². The quantitative estimate of drug-likeness (QED) is 0.165. The number of rotatable bonds is 14. The summed E-state index contributed by atoms with van der Waals surface area (Å²) in [5.41, 5.74) is 10.3. The van der Waals surface area contributed by atoms with E-state index in [0.29, 0.717) is 47.0 Å². The van der Waals surface area contributed by atoms with E-state index in [1.807, 2.05) is 16.8 Å². The molecule has 84 heavy (non-hydrogen) atoms. The predicted molar refractivity (Wildman–Crippen MR) is 347 cm³/mol. The smallest absolute Gasteiger partial charge is 0.223 e. The Kier molecular flexibility index (Phi) is 21.0. The van der Waals surface area contributed by atoms with Crippen LogP contribution in [0.3, 0.4) is 0 Å². The Balaban J connectivity index is 0.000000184. The summed E-state index contributed by atoms with van der Waals surface area (Å²) in [7, 11) is 1.96. The van der Waals surface area contributed by atoms with Gasteiger partial charge in [0.25, 0.3) is 0 Å². The highest BCUT2D eigenvalue weighted by Gasteiger charge is 2.46. The zero-order valence-electron chi connectivity index (χ0n) is 54.1. The Morgan fingerprint density at radius 2 is 1.00 bits per heavy atom. The lowest BCUT2D eigenvalue weighted by atomic mass is 9.63. The van der Waals surface area contributed by atoms with Crippen molar-refractivity contribution in [3.63, 3.8) is 0 Å². The number of hydrogen-bond acceptors (Lipinski definition) is 7. The van der Waals surface area contributed by atoms with Crippen LogP contribution in [0.2, 0.25) is 0 Å². The van der Waals surface area contributed by atoms with Gasteiger partial charge in [-0.15, -0.1) is 0 Å². The van der Waals surface area contributed by atoms with Gasteiger partial charge >= 0.3 is 0 Å². The monoisotopic (exact) mass is 1150 g/mol. The highest BCUT2D eigenvalue weighted by atomic mass is 16.2. The minimum absolute atomic E-state index is 0. The van der Waals surface area contributed by atoms with Crippen molar-refractivity contribution < 1.29 is 22.0 Å². The maximum Gasteiger partial charge on any atom is 0.223 e. The maximum atomic E-state index is 12.7. The third-order valence-electron chi connectivity index (χ3n) is 21.6. The molecule has 3 atom stereocenters. The van der Waals surface area contributed by atoms with Gasteiger partial charge in [0.15, 0.2) is 0 Å². The van der Waals surface area contributed by atoms with Gasteiger partial charge < -0.3 is 35.1 Å². The molecule has 1 saturated carbocycles. The van der Waals surface area contributed by atoms with E-state index >= 15 is 0 Å². The van der Waals surface area contributed by atoms with Crippen LogP contribution in [-0.2, 0) is 35.4 Å². The fraction of sp³-hybridized carbons (Fsp3) is 0.699. The number of piperidine rings is 3. The summed E-state index contributed by atoms with van der Waals surface area (Å²) in [6.45, 7) is 32.5. The number of nitrogens with one attached hydrogen (secondary N) is 2. The van der Waals surface area contributed by atoms with Gasteiger partial charge in [-0.2, -0.15) is 0 Å². The van der Waals surface area contributed by atoms with Crippen molar-refractivity contribution in [3.8, 4) is 0 Å². The summed E-state index contributed by atoms with van der Waals surface area (Å²) >= 11 is 0. The molecule has 0 radical (unpaired) electrons. The number of benzene rings is 3. The predicted octanol–water partition coefficient (Wildman–Crippen LogP) is 14.1. The lowest BCUT2D eigenvalue weighted by Crippen LogP contribution is -2.47. The summed E-state index contributed by atoms with van der Waals surface area (Å²) in [5, 5.41) is 6.65. The van der Waals surface area contributed by atoms with Gasteiger partial charge in [0.05, 0.1) is 18.1 Å². The molecular weight excluding hydrogens is 1040 g/mol. The highest BCUT2D eigenvalue weighted by molar-refractivity contribution is 5.82. The fourth-order valence-corrected chi connectivity index (χ4v) is 15.6. The molecule has 8 aliphatic rings. The first kappa shape index (κ1) is 63.9. The first-order valence-corrected chi connectivity index (χ1v) is 33.6. The Bertz CT molecular complexity index is 2690. The van der Waals surface area contributed by atoms with Gasteiger partial charge in [-0.25, -0.2) is 0 Å². The number of amides is 4. The molecule has 3 aromatic carbocycles. The van der Waals surface area contributed by atoms with Crippen LogP contribution in [-0.4, -0.2) is 127 Å². The van der Waals surface area contributed by atoms with Crippen molar-refractivity contribution in [2.45, 2.75) is 225 Å². The van der Waals surface area contributed by atoms with Crippen LogP contribution in [0.5, 0.6) is 0 Å². The summed E-state index contributed by atoms with van der Waals surface area (Å²) in [6, 6.07) is 27.2. The van der Waals surface area contributed by atoms with E-state index in [-0.39, 0.29) is 50.0 Å². The van der Waals surface area contributed by atoms with Crippen molar-refractivity contribution in [2.24, 2.45) is 22.7 Å². The van der Waals surface area contributed by atoms with E-state index in [4.69, 9.17) is 0 Å². The molecule has 11 rings (SSSR count). The van der Waals surface area contributed by atoms with E-state index in [1.54, 1.807) is 6.92 Å². The molecule has 466 valence electrons. The Labute approximate surface area is 511 Å². The molecule has 2 N–H and O–H groups in total. The van der Waals surface area contributed by atoms with Crippen LogP contribution in [0.15, 0.2) is 72.8 Å². The van der Waals surface area contributed by atoms with Crippen molar-refractivity contribution in [2.75, 3.05) is 79.0 Å². The van der Waals surface area contributed by atoms with Crippen LogP contribution >= 0.6 is 0 Å². The fourth-order valence-electron chi connectivity index (χ4n) is 15.6. The van der Waals surface area contributed by atoms with Gasteiger partial charge in [-0.1, -0.05) is 128 Å². The number of nitrogens with zero attached hydrogens (tertiary/aromatic N) is 5. The Morgan fingerprint density at radius 1 is 0.571 bits per heavy atom. The molecule has 0 bridgehead atoms. The molecule has 0 unspecified atom stereocenters. The Hall–Kier alpha value is -4.58. The van der Waals surface area contributed by atoms with Crippen molar-refractivity contribution in [3.05, 3.63) is 106 Å². The second-order valence-corrected chi connectivity index (χ2v) is 30.4. The standard InChI is InChI=1S/C27H41N3O2.C23H34N2O.C23H36N2O.2H2/c1-26(2,3)13-18-29-19-14-27(15-20-29)12-10-23(21-7-4-5-8-22(21)27)28-24(31)11-17-30-16-6-9-25(30)32;1-17(2)10-14-25-15-12-23(13-16-25)11-9-21(24-22(26)18-7-8-18)19-5-3-4-6-20(19)23;1-18(26)24(5)21-10-11-23(20-9-7-6-8-19(20)21)13-16-25(17-14-23)15-12-22(2,3)4;;/h4-5,7-8,23H,6,9-20H2,1-3H3,(H,28,31);3-6,17-18,21H,7-16H2,1-2H3,(H,24,26);6-9,21H,10-17H2,1-5H3;2*1H/t23-;2*21-;;/m000../s1. The minimum atomic E-state index is 0. The van der Waals surface area contributed by atoms with Crippen LogP contribution in [0.1, 0.15) is 245 Å². The third kappa shape index (κ3) is 16.1. The first-order chi connectivity index (χ1) is 40.0. The van der Waals surface area contributed by atoms with Crippen LogP contribution in [0, 0.1) is 22.7 Å². The molecule has 4 heterocycles. The number of carbonyl (C=O) groups is 4. The summed E-state index contributed by atoms with van der Waals surface area (Å²) in [4.78, 5) is 60.5. The molecular formula is C73H115N7O4. The van der Waals surface area contributed by atoms with Gasteiger partial charge in [-0.05, 0) is 241 Å². The zero-order valence-corrected chi connectivity index (χ0v) is 54.1. The molecule has 4 saturated heterocycles. The SMILES string of the molecule is CC(=O)N(C)[C@H]1CCC2(CCN(CCC(C)(C)C)CC2)c2ccccc21.CC(C)(C)CCN1CCC2(CC[C@H](NC(=O)CCN3CCCC3=O)c3ccccc32)CC1.CC(C)CCN1CCC2(CC[C@H](NC(=O)C3CC3)c3ccccc32)CC1.[HH].[HH]. The zero-order chi connectivity index (χ0) is 59.9. The lowest BCUT2D eigenvalue weighted by Gasteiger charge is -2.48. The van der Waals surface area contributed by atoms with Crippen molar-refractivity contribution >= 4 is 23.6 Å². The third-order valence-corrected chi connectivity index (χ3v) is 21.6. The summed E-state index contributed by atoms with van der Waals surface area (Å²) < 4.78 is 0. The molecule has 4 amide bonds. The van der Waals surface area contributed by atoms with Gasteiger partial charge in [0, 0.05) is 48.7 Å². The average Bonchev–Trinajstić information content (AvgIpc) is 1.83. The van der Waals surface area contributed by atoms with E-state index in [1.165, 1.54) is 163 Å². The van der Waals surface area contributed by atoms with Crippen molar-refractivity contribution in [1.82, 2.24) is 35.1 Å². The van der Waals surface area contributed by atoms with Gasteiger partial charge in [0.2, 0.25) is 23.6 Å². The largest absolute Gasteiger partial charge is 0.349 e. The normalized spacial score (nSPS) is 23.8. The number of likely N-dealkylation sites (tertiary alicyclic amines) is 4. The molecule has 0 aromatic heterocycles. The molecule has 5 fully saturated rings. The van der Waals surface area contributed by atoms with Crippen LogP contribution < -0.4 is 10.6 Å². The summed E-state index contributed by atoms with van der Waals surface area (Å²) in [5.74, 6) is 1.79. The molecule has 11 nitrogen and oxygen atoms in total. The number of fused-ring (bicyclic) bond motifs is 6. The molecule has 4 aliphatic carbocycles. The number of carbonyl (C=O) groups excluding carboxylic acids is 4. The van der Waals surface area contributed by atoms with Crippen LogP contribution in [0.25, 0.3) is 0 Å². The van der Waals surface area contributed by atoms with E-state index in [0.717, 1.165) is 57.4 Å². The second-order valence-electron chi connectivity index (χ2n) is 30.4. The van der Waals surface area contributed by atoms with Crippen LogP contribution in [0.4, 0.5) is 0 Å².